The van der Waals surface area contributed by atoms with Gasteiger partial charge < -0.3 is 42.3 Å². The van der Waals surface area contributed by atoms with E-state index in [9.17, 15) is 24.2 Å². The number of hydrogen-bond acceptors (Lipinski definition) is 10. The van der Waals surface area contributed by atoms with Crippen molar-refractivity contribution in [3.63, 3.8) is 0 Å². The molecule has 292 valence electrons. The third-order valence-electron chi connectivity index (χ3n) is 6.76. The number of phenols is 1. The van der Waals surface area contributed by atoms with Crippen LogP contribution < -0.4 is 123 Å². The van der Waals surface area contributed by atoms with Crippen LogP contribution in [0.2, 0.25) is 0 Å². The van der Waals surface area contributed by atoms with Crippen LogP contribution in [-0.4, -0.2) is 56.7 Å². The Balaban J connectivity index is -0.000000375. The van der Waals surface area contributed by atoms with Gasteiger partial charge in [0.25, 0.3) is 18.3 Å². The summed E-state index contributed by atoms with van der Waals surface area (Å²) in [6.07, 6.45) is 0. The molecule has 0 aliphatic carbocycles. The summed E-state index contributed by atoms with van der Waals surface area (Å²) in [6, 6.07) is 23.2. The number of aromatic hydroxyl groups is 1. The number of nitrogens with one attached hydrogen (secondary N) is 2. The largest absolute Gasteiger partial charge is 1.00 e. The fourth-order valence-corrected chi connectivity index (χ4v) is 3.92. The Morgan fingerprint density at radius 3 is 1.67 bits per heavy atom. The maximum Gasteiger partial charge on any atom is 1.00 e. The van der Waals surface area contributed by atoms with E-state index >= 15 is 0 Å². The summed E-state index contributed by atoms with van der Waals surface area (Å²) >= 11 is 3.07. The number of benzene rings is 4. The molecule has 0 aromatic heterocycles. The number of anilines is 2. The Morgan fingerprint density at radius 2 is 1.32 bits per heavy atom. The van der Waals surface area contributed by atoms with Crippen LogP contribution in [0.1, 0.15) is 39.4 Å². The summed E-state index contributed by atoms with van der Waals surface area (Å²) < 4.78 is 18.2. The van der Waals surface area contributed by atoms with E-state index in [2.05, 4.69) is 41.1 Å². The first kappa shape index (κ1) is 58.2. The van der Waals surface area contributed by atoms with Crippen molar-refractivity contribution in [3.8, 4) is 17.6 Å². The molecule has 4 aromatic carbocycles. The van der Waals surface area contributed by atoms with E-state index in [0.29, 0.717) is 34.1 Å². The Hall–Kier alpha value is -3.08. The minimum Gasteiger partial charge on any atom is -1.00 e. The van der Waals surface area contributed by atoms with Crippen molar-refractivity contribution in [1.82, 2.24) is 0 Å². The van der Waals surface area contributed by atoms with Crippen molar-refractivity contribution in [2.24, 2.45) is 0 Å². The number of phenolic OH excluding ortho intramolecular Hbond substituents is 1. The minimum atomic E-state index is -1.78. The van der Waals surface area contributed by atoms with E-state index in [1.165, 1.54) is 50.2 Å². The van der Waals surface area contributed by atoms with Crippen LogP contribution >= 0.6 is 15.9 Å². The maximum atomic E-state index is 12.8. The van der Waals surface area contributed by atoms with Crippen LogP contribution in [0.25, 0.3) is 9.69 Å². The SMILES string of the molecule is C.N#Cc1ccc(O)cc1.O=CO[O-].[C-]#[N+]c1ccc(NC(=O)[C@@](C)(O)CBr)cc1C.[C-]#[N+]c1ccc(NC(=O)[C@@](C)(O)COc2ccc(F)cc2)cc1C.[H-].[K+].[K+]. The van der Waals surface area contributed by atoms with Gasteiger partial charge in [-0.2, -0.15) is 5.26 Å². The number of aryl methyl sites for hydroxylation is 2. The van der Waals surface area contributed by atoms with Gasteiger partial charge in [-0.25, -0.2) is 14.1 Å². The predicted molar refractivity (Wildman–Crippen MR) is 207 cm³/mol. The first-order valence-electron chi connectivity index (χ1n) is 15.4. The Morgan fingerprint density at radius 1 is 0.895 bits per heavy atom. The molecule has 0 radical (unpaired) electrons. The fourth-order valence-electron chi connectivity index (χ4n) is 3.67. The second-order valence-electron chi connectivity index (χ2n) is 11.4. The number of carbonyl (C=O) groups excluding carboxylic acids is 3. The van der Waals surface area contributed by atoms with Gasteiger partial charge in [-0.15, -0.1) is 0 Å². The summed E-state index contributed by atoms with van der Waals surface area (Å²) in [6.45, 7) is 19.8. The van der Waals surface area contributed by atoms with Crippen molar-refractivity contribution < 1.29 is 153 Å². The second-order valence-corrected chi connectivity index (χ2v) is 12.0. The number of amides is 2. The van der Waals surface area contributed by atoms with E-state index in [0.717, 1.165) is 11.1 Å². The molecule has 4 rings (SSSR count). The molecule has 0 saturated carbocycles. The molecular formula is C39H41BrFK2N5O9. The summed E-state index contributed by atoms with van der Waals surface area (Å²) in [5.41, 5.74) is 0.949. The number of nitriles is 1. The quantitative estimate of drug-likeness (QED) is 0.0394. The van der Waals surface area contributed by atoms with Gasteiger partial charge in [0.15, 0.2) is 17.0 Å². The van der Waals surface area contributed by atoms with Gasteiger partial charge in [-0.1, -0.05) is 35.5 Å². The zero-order chi connectivity index (χ0) is 40.9. The van der Waals surface area contributed by atoms with E-state index in [-0.39, 0.29) is 136 Å². The average molecular weight is 901 g/mol. The first-order chi connectivity index (χ1) is 25.5. The van der Waals surface area contributed by atoms with Crippen LogP contribution in [0, 0.1) is 44.1 Å². The minimum absolute atomic E-state index is 0. The number of halogens is 2. The topological polar surface area (TPSA) is 210 Å². The second kappa shape index (κ2) is 30.0. The molecule has 18 heteroatoms. The number of ether oxygens (including phenoxy) is 1. The first-order valence-corrected chi connectivity index (χ1v) is 16.5. The Labute approximate surface area is 426 Å². The molecule has 2 atom stereocenters. The van der Waals surface area contributed by atoms with E-state index in [4.69, 9.17) is 38.3 Å². The van der Waals surface area contributed by atoms with Crippen molar-refractivity contribution in [1.29, 1.82) is 5.26 Å². The predicted octanol–water partition coefficient (Wildman–Crippen LogP) is 0.539. The zero-order valence-electron chi connectivity index (χ0n) is 32.5. The van der Waals surface area contributed by atoms with E-state index in [1.54, 1.807) is 62.4 Å². The van der Waals surface area contributed by atoms with Crippen molar-refractivity contribution in [3.05, 3.63) is 130 Å². The van der Waals surface area contributed by atoms with Gasteiger partial charge in [0, 0.05) is 16.7 Å². The number of rotatable bonds is 9. The van der Waals surface area contributed by atoms with E-state index < -0.39 is 28.8 Å². The number of alkyl halides is 1. The van der Waals surface area contributed by atoms with Gasteiger partial charge in [0.1, 0.15) is 29.5 Å². The van der Waals surface area contributed by atoms with Gasteiger partial charge in [-0.3, -0.25) is 14.4 Å². The van der Waals surface area contributed by atoms with Crippen LogP contribution in [0.3, 0.4) is 0 Å². The van der Waals surface area contributed by atoms with Crippen LogP contribution in [-0.2, 0) is 19.3 Å². The number of nitrogens with zero attached hydrogens (tertiary/aromatic N) is 3. The molecule has 57 heavy (non-hydrogen) atoms. The normalized spacial score (nSPS) is 11.1. The Kier molecular flexibility index (Phi) is 30.7. The maximum absolute atomic E-state index is 12.8. The monoisotopic (exact) mass is 899 g/mol. The molecule has 2 amide bonds. The number of hydrogen-bond donors (Lipinski definition) is 5. The molecule has 0 aliphatic rings. The molecular weight excluding hydrogens is 860 g/mol. The van der Waals surface area contributed by atoms with E-state index in [1.807, 2.05) is 6.07 Å². The summed E-state index contributed by atoms with van der Waals surface area (Å²) in [4.78, 5) is 41.8. The van der Waals surface area contributed by atoms with Gasteiger partial charge in [-0.05, 0) is 112 Å². The van der Waals surface area contributed by atoms with Gasteiger partial charge >= 0.3 is 103 Å². The third kappa shape index (κ3) is 22.0. The van der Waals surface area contributed by atoms with Gasteiger partial charge in [0.2, 0.25) is 0 Å². The number of aliphatic hydroxyl groups is 2. The molecule has 0 spiro atoms. The fraction of sp³-hybridized carbons (Fsp3) is 0.231. The van der Waals surface area contributed by atoms with Crippen molar-refractivity contribution in [2.45, 2.75) is 46.3 Å². The standard InChI is InChI=1S/C18H17FN2O3.C12H13BrN2O2.C7H5NO.CH2O3.CH4.2K.H/c1-12-10-14(6-9-16(12)20-3)21-17(22)18(2,23)11-24-15-7-4-13(19)5-8-15;1-8-6-9(4-5-10(8)14-3)15-11(16)12(2,17)7-13;8-5-6-1-3-7(9)4-2-6;2-1-4-3;;;;/h4-10,23H,11H2,1-2H3,(H,21,22);4-6,17H,7H2,1-2H3,(H,15,16);1-4,9H;1,3H;1H4;;;/q;;;;;2*+1;-1/p-1/t18-;12-;;;;;;/m00....../s1. The summed E-state index contributed by atoms with van der Waals surface area (Å²) in [7, 11) is 0. The van der Waals surface area contributed by atoms with Gasteiger partial charge in [0.05, 0.1) is 24.8 Å². The summed E-state index contributed by atoms with van der Waals surface area (Å²) in [5.74, 6) is -0.982. The van der Waals surface area contributed by atoms with Crippen molar-refractivity contribution in [2.75, 3.05) is 22.6 Å². The van der Waals surface area contributed by atoms with Crippen molar-refractivity contribution >= 4 is 57.0 Å². The smallest absolute Gasteiger partial charge is 1.00 e. The van der Waals surface area contributed by atoms with Crippen LogP contribution in [0.5, 0.6) is 11.5 Å². The van der Waals surface area contributed by atoms with Crippen LogP contribution in [0.4, 0.5) is 27.1 Å². The molecule has 0 aliphatic heterocycles. The summed E-state index contributed by atoms with van der Waals surface area (Å²) in [5, 5.41) is 50.8. The average Bonchev–Trinajstić information content (AvgIpc) is 3.15. The zero-order valence-corrected chi connectivity index (χ0v) is 39.3. The molecule has 5 N–H and O–H groups in total. The molecule has 4 aromatic rings. The van der Waals surface area contributed by atoms with Crippen LogP contribution in [0.15, 0.2) is 84.9 Å². The number of carbonyl (C=O) groups is 3. The third-order valence-corrected chi connectivity index (χ3v) is 7.85. The molecule has 0 bridgehead atoms. The molecule has 0 fully saturated rings. The Bertz CT molecular complexity index is 2010. The molecule has 0 unspecified atom stereocenters. The molecule has 14 nitrogen and oxygen atoms in total. The molecule has 0 saturated heterocycles. The molecule has 0 heterocycles.